The number of ether oxygens (including phenoxy) is 2. The molecule has 108 valence electrons. The summed E-state index contributed by atoms with van der Waals surface area (Å²) in [5, 5.41) is 11.7. The van der Waals surface area contributed by atoms with Crippen molar-refractivity contribution in [2.75, 3.05) is 13.2 Å². The predicted octanol–water partition coefficient (Wildman–Crippen LogP) is 1.06. The molecule has 1 aromatic carbocycles. The summed E-state index contributed by atoms with van der Waals surface area (Å²) in [6.07, 6.45) is -0.571. The van der Waals surface area contributed by atoms with Crippen molar-refractivity contribution < 1.29 is 9.47 Å². The number of hydrogen-bond acceptors (Lipinski definition) is 6. The third-order valence-corrected chi connectivity index (χ3v) is 2.75. The fourth-order valence-electron chi connectivity index (χ4n) is 1.86. The Labute approximate surface area is 117 Å². The molecule has 7 heteroatoms. The summed E-state index contributed by atoms with van der Waals surface area (Å²) in [5.74, 6) is 0.503. The van der Waals surface area contributed by atoms with Crippen LogP contribution in [0.25, 0.3) is 5.69 Å². The van der Waals surface area contributed by atoms with Crippen molar-refractivity contribution in [3.8, 4) is 5.69 Å². The van der Waals surface area contributed by atoms with Crippen LogP contribution in [0.15, 0.2) is 30.3 Å². The number of tetrazole rings is 1. The van der Waals surface area contributed by atoms with Crippen LogP contribution in [0.5, 0.6) is 0 Å². The quantitative estimate of drug-likeness (QED) is 0.761. The van der Waals surface area contributed by atoms with E-state index in [0.717, 1.165) is 5.69 Å². The van der Waals surface area contributed by atoms with Gasteiger partial charge in [0.25, 0.3) is 0 Å². The summed E-state index contributed by atoms with van der Waals surface area (Å²) in [6.45, 7) is 4.79. The van der Waals surface area contributed by atoms with E-state index in [1.165, 1.54) is 0 Å². The Balaban J connectivity index is 2.26. The number of benzene rings is 1. The standard InChI is InChI=1S/C13H19N5O2/c1-3-19-13(20-4-2)11(14)12-15-16-17-18(12)10-8-6-5-7-9-10/h5-9,11,13H,3-4,14H2,1-2H3. The maximum Gasteiger partial charge on any atom is 0.179 e. The van der Waals surface area contributed by atoms with Crippen molar-refractivity contribution in [1.82, 2.24) is 20.2 Å². The molecule has 0 aliphatic heterocycles. The average molecular weight is 277 g/mol. The van der Waals surface area contributed by atoms with Gasteiger partial charge < -0.3 is 15.2 Å². The molecule has 0 aliphatic carbocycles. The lowest BCUT2D eigenvalue weighted by atomic mass is 10.2. The molecule has 2 rings (SSSR count). The van der Waals surface area contributed by atoms with Gasteiger partial charge in [0.15, 0.2) is 12.1 Å². The number of hydrogen-bond donors (Lipinski definition) is 1. The van der Waals surface area contributed by atoms with Gasteiger partial charge in [-0.15, -0.1) is 5.10 Å². The molecule has 0 fully saturated rings. The van der Waals surface area contributed by atoms with Crippen molar-refractivity contribution in [2.24, 2.45) is 5.73 Å². The first-order chi connectivity index (χ1) is 9.77. The van der Waals surface area contributed by atoms with E-state index in [9.17, 15) is 0 Å². The van der Waals surface area contributed by atoms with Crippen LogP contribution in [0.2, 0.25) is 0 Å². The summed E-state index contributed by atoms with van der Waals surface area (Å²) in [7, 11) is 0. The van der Waals surface area contributed by atoms with Gasteiger partial charge in [0.2, 0.25) is 0 Å². The molecular formula is C13H19N5O2. The summed E-state index contributed by atoms with van der Waals surface area (Å²) in [6, 6.07) is 9.00. The second kappa shape index (κ2) is 7.09. The largest absolute Gasteiger partial charge is 0.351 e. The van der Waals surface area contributed by atoms with Crippen molar-refractivity contribution in [3.05, 3.63) is 36.2 Å². The molecule has 0 saturated carbocycles. The summed E-state index contributed by atoms with van der Waals surface area (Å²) in [4.78, 5) is 0. The van der Waals surface area contributed by atoms with Gasteiger partial charge in [-0.1, -0.05) is 18.2 Å². The van der Waals surface area contributed by atoms with E-state index in [2.05, 4.69) is 15.5 Å². The van der Waals surface area contributed by atoms with Crippen LogP contribution < -0.4 is 5.73 Å². The highest BCUT2D eigenvalue weighted by molar-refractivity contribution is 5.31. The van der Waals surface area contributed by atoms with Crippen LogP contribution in [0.1, 0.15) is 25.7 Å². The minimum absolute atomic E-state index is 0.503. The Kier molecular flexibility index (Phi) is 5.16. The molecule has 0 aliphatic rings. The van der Waals surface area contributed by atoms with Crippen LogP contribution in [0.3, 0.4) is 0 Å². The van der Waals surface area contributed by atoms with E-state index in [1.54, 1.807) is 4.68 Å². The lowest BCUT2D eigenvalue weighted by Crippen LogP contribution is -2.33. The highest BCUT2D eigenvalue weighted by atomic mass is 16.7. The van der Waals surface area contributed by atoms with Crippen LogP contribution >= 0.6 is 0 Å². The molecule has 2 aromatic rings. The zero-order valence-corrected chi connectivity index (χ0v) is 11.6. The third kappa shape index (κ3) is 3.19. The first-order valence-corrected chi connectivity index (χ1v) is 6.60. The molecule has 20 heavy (non-hydrogen) atoms. The van der Waals surface area contributed by atoms with Gasteiger partial charge in [0, 0.05) is 13.2 Å². The Morgan fingerprint density at radius 1 is 1.15 bits per heavy atom. The fourth-order valence-corrected chi connectivity index (χ4v) is 1.86. The van der Waals surface area contributed by atoms with E-state index in [1.807, 2.05) is 44.2 Å². The molecule has 2 N–H and O–H groups in total. The van der Waals surface area contributed by atoms with Crippen LogP contribution in [-0.2, 0) is 9.47 Å². The first-order valence-electron chi connectivity index (χ1n) is 6.60. The molecule has 1 unspecified atom stereocenters. The highest BCUT2D eigenvalue weighted by Crippen LogP contribution is 2.18. The Bertz CT molecular complexity index is 510. The molecule has 7 nitrogen and oxygen atoms in total. The van der Waals surface area contributed by atoms with E-state index >= 15 is 0 Å². The first kappa shape index (κ1) is 14.6. The van der Waals surface area contributed by atoms with Crippen molar-refractivity contribution in [3.63, 3.8) is 0 Å². The van der Waals surface area contributed by atoms with Crippen LogP contribution in [-0.4, -0.2) is 39.7 Å². The number of para-hydroxylation sites is 1. The molecule has 0 bridgehead atoms. The van der Waals surface area contributed by atoms with Gasteiger partial charge in [-0.05, 0) is 36.4 Å². The SMILES string of the molecule is CCOC(OCC)C(N)c1nnnn1-c1ccccc1. The molecule has 0 saturated heterocycles. The molecule has 1 aromatic heterocycles. The molecule has 0 radical (unpaired) electrons. The van der Waals surface area contributed by atoms with Crippen molar-refractivity contribution in [1.29, 1.82) is 0 Å². The van der Waals surface area contributed by atoms with Crippen LogP contribution in [0, 0.1) is 0 Å². The average Bonchev–Trinajstić information content (AvgIpc) is 2.96. The van der Waals surface area contributed by atoms with Gasteiger partial charge in [-0.25, -0.2) is 0 Å². The summed E-state index contributed by atoms with van der Waals surface area (Å²) >= 11 is 0. The summed E-state index contributed by atoms with van der Waals surface area (Å²) < 4.78 is 12.6. The minimum atomic E-state index is -0.571. The lowest BCUT2D eigenvalue weighted by molar-refractivity contribution is -0.150. The zero-order chi connectivity index (χ0) is 14.4. The van der Waals surface area contributed by atoms with E-state index in [0.29, 0.717) is 19.0 Å². The van der Waals surface area contributed by atoms with E-state index in [4.69, 9.17) is 15.2 Å². The topological polar surface area (TPSA) is 88.1 Å². The fraction of sp³-hybridized carbons (Fsp3) is 0.462. The van der Waals surface area contributed by atoms with E-state index < -0.39 is 12.3 Å². The monoisotopic (exact) mass is 277 g/mol. The Hall–Kier alpha value is -1.83. The smallest absolute Gasteiger partial charge is 0.179 e. The third-order valence-electron chi connectivity index (χ3n) is 2.75. The molecule has 0 spiro atoms. The maximum absolute atomic E-state index is 6.18. The second-order valence-electron chi connectivity index (χ2n) is 4.09. The number of nitrogens with zero attached hydrogens (tertiary/aromatic N) is 4. The van der Waals surface area contributed by atoms with Gasteiger partial charge in [0.1, 0.15) is 6.04 Å². The van der Waals surface area contributed by atoms with Gasteiger partial charge >= 0.3 is 0 Å². The molecule has 0 amide bonds. The second-order valence-corrected chi connectivity index (χ2v) is 4.09. The maximum atomic E-state index is 6.18. The highest BCUT2D eigenvalue weighted by Gasteiger charge is 2.26. The molecule has 1 heterocycles. The molecular weight excluding hydrogens is 258 g/mol. The molecule has 1 atom stereocenters. The minimum Gasteiger partial charge on any atom is -0.351 e. The van der Waals surface area contributed by atoms with Crippen molar-refractivity contribution in [2.45, 2.75) is 26.2 Å². The number of rotatable bonds is 7. The van der Waals surface area contributed by atoms with Crippen molar-refractivity contribution >= 4 is 0 Å². The Morgan fingerprint density at radius 2 is 1.80 bits per heavy atom. The Morgan fingerprint density at radius 3 is 2.40 bits per heavy atom. The zero-order valence-electron chi connectivity index (χ0n) is 11.6. The van der Waals surface area contributed by atoms with Gasteiger partial charge in [0.05, 0.1) is 5.69 Å². The van der Waals surface area contributed by atoms with Gasteiger partial charge in [-0.2, -0.15) is 4.68 Å². The predicted molar refractivity (Wildman–Crippen MR) is 73.1 cm³/mol. The number of nitrogens with two attached hydrogens (primary N) is 1. The normalized spacial score (nSPS) is 12.8. The summed E-state index contributed by atoms with van der Waals surface area (Å²) in [5.41, 5.74) is 7.02. The van der Waals surface area contributed by atoms with Crippen LogP contribution in [0.4, 0.5) is 0 Å². The lowest BCUT2D eigenvalue weighted by Gasteiger charge is -2.22. The van der Waals surface area contributed by atoms with E-state index in [-0.39, 0.29) is 0 Å². The number of aromatic nitrogens is 4. The van der Waals surface area contributed by atoms with Gasteiger partial charge in [-0.3, -0.25) is 0 Å².